The summed E-state index contributed by atoms with van der Waals surface area (Å²) >= 11 is 0. The van der Waals surface area contributed by atoms with Crippen molar-refractivity contribution in [3.63, 3.8) is 0 Å². The van der Waals surface area contributed by atoms with Crippen LogP contribution in [-0.4, -0.2) is 50.7 Å². The summed E-state index contributed by atoms with van der Waals surface area (Å²) < 4.78 is 16.9. The van der Waals surface area contributed by atoms with Crippen LogP contribution < -0.4 is 5.32 Å². The average molecular weight is 245 g/mol. The Balaban J connectivity index is 2.19. The summed E-state index contributed by atoms with van der Waals surface area (Å²) in [6, 6.07) is 0.420. The Kier molecular flexibility index (Phi) is 6.41. The Morgan fingerprint density at radius 3 is 2.71 bits per heavy atom. The van der Waals surface area contributed by atoms with Crippen LogP contribution in [0.1, 0.15) is 34.1 Å². The molecule has 4 nitrogen and oxygen atoms in total. The van der Waals surface area contributed by atoms with Crippen LogP contribution in [0.15, 0.2) is 0 Å². The molecule has 1 aliphatic rings. The zero-order valence-electron chi connectivity index (χ0n) is 11.6. The first kappa shape index (κ1) is 14.9. The van der Waals surface area contributed by atoms with Crippen molar-refractivity contribution < 1.29 is 14.2 Å². The minimum atomic E-state index is -0.0898. The van der Waals surface area contributed by atoms with E-state index in [1.807, 2.05) is 0 Å². The van der Waals surface area contributed by atoms with E-state index in [0.717, 1.165) is 19.6 Å². The number of rotatable bonds is 6. The Bertz CT molecular complexity index is 201. The van der Waals surface area contributed by atoms with Crippen molar-refractivity contribution in [2.24, 2.45) is 0 Å². The Labute approximate surface area is 105 Å². The second-order valence-corrected chi connectivity index (χ2v) is 5.40. The number of hydrogen-bond acceptors (Lipinski definition) is 4. The summed E-state index contributed by atoms with van der Waals surface area (Å²) in [6.45, 7) is 12.0. The van der Waals surface area contributed by atoms with E-state index >= 15 is 0 Å². The van der Waals surface area contributed by atoms with Gasteiger partial charge in [-0.2, -0.15) is 0 Å². The number of likely N-dealkylation sites (N-methyl/N-ethyl adjacent to an activating group) is 1. The van der Waals surface area contributed by atoms with Crippen LogP contribution in [0.5, 0.6) is 0 Å². The molecule has 0 bridgehead atoms. The molecule has 0 amide bonds. The van der Waals surface area contributed by atoms with Gasteiger partial charge in [0.1, 0.15) is 0 Å². The Morgan fingerprint density at radius 1 is 1.29 bits per heavy atom. The van der Waals surface area contributed by atoms with Crippen LogP contribution in [0.4, 0.5) is 0 Å². The fraction of sp³-hybridized carbons (Fsp3) is 1.00. The van der Waals surface area contributed by atoms with E-state index in [1.165, 1.54) is 0 Å². The highest BCUT2D eigenvalue weighted by Crippen LogP contribution is 2.12. The largest absolute Gasteiger partial charge is 0.379 e. The average Bonchev–Trinajstić information content (AvgIpc) is 2.25. The maximum atomic E-state index is 5.83. The highest BCUT2D eigenvalue weighted by atomic mass is 16.6. The number of nitrogens with one attached hydrogen (secondary N) is 1. The molecule has 1 aliphatic heterocycles. The third-order valence-electron chi connectivity index (χ3n) is 2.72. The van der Waals surface area contributed by atoms with Crippen molar-refractivity contribution in [3.8, 4) is 0 Å². The van der Waals surface area contributed by atoms with Crippen molar-refractivity contribution in [3.05, 3.63) is 0 Å². The van der Waals surface area contributed by atoms with Crippen LogP contribution in [-0.2, 0) is 14.2 Å². The minimum Gasteiger partial charge on any atom is -0.379 e. The van der Waals surface area contributed by atoms with Crippen molar-refractivity contribution in [1.29, 1.82) is 0 Å². The zero-order valence-corrected chi connectivity index (χ0v) is 11.6. The Hall–Kier alpha value is -0.160. The molecular weight excluding hydrogens is 218 g/mol. The zero-order chi connectivity index (χ0) is 12.7. The van der Waals surface area contributed by atoms with Crippen molar-refractivity contribution in [1.82, 2.24) is 5.32 Å². The summed E-state index contributed by atoms with van der Waals surface area (Å²) in [5.41, 5.74) is -0.0898. The topological polar surface area (TPSA) is 39.7 Å². The smallest absolute Gasteiger partial charge is 0.0962 e. The summed E-state index contributed by atoms with van der Waals surface area (Å²) in [4.78, 5) is 0. The standard InChI is InChI=1S/C13H27NO3/c1-5-14-11-6-7-15-10-12(11)16-8-9-17-13(2,3)4/h11-12,14H,5-10H2,1-4H3. The molecule has 0 aromatic heterocycles. The molecule has 0 aromatic carbocycles. The van der Waals surface area contributed by atoms with Crippen molar-refractivity contribution in [2.75, 3.05) is 33.0 Å². The maximum Gasteiger partial charge on any atom is 0.0962 e. The third kappa shape index (κ3) is 6.36. The molecule has 4 heteroatoms. The maximum absolute atomic E-state index is 5.83. The summed E-state index contributed by atoms with van der Waals surface area (Å²) in [5, 5.41) is 3.45. The van der Waals surface area contributed by atoms with E-state index < -0.39 is 0 Å². The molecule has 0 aliphatic carbocycles. The normalized spacial score (nSPS) is 26.1. The van der Waals surface area contributed by atoms with Gasteiger partial charge in [-0.05, 0) is 33.7 Å². The highest BCUT2D eigenvalue weighted by molar-refractivity contribution is 4.80. The first-order valence-electron chi connectivity index (χ1n) is 6.59. The first-order chi connectivity index (χ1) is 8.03. The second-order valence-electron chi connectivity index (χ2n) is 5.40. The predicted octanol–water partition coefficient (Wildman–Crippen LogP) is 1.59. The van der Waals surface area contributed by atoms with Gasteiger partial charge in [0.15, 0.2) is 0 Å². The fourth-order valence-corrected chi connectivity index (χ4v) is 1.92. The van der Waals surface area contributed by atoms with Gasteiger partial charge in [0.05, 0.1) is 31.5 Å². The van der Waals surface area contributed by atoms with Crippen LogP contribution >= 0.6 is 0 Å². The predicted molar refractivity (Wildman–Crippen MR) is 68.3 cm³/mol. The van der Waals surface area contributed by atoms with Crippen LogP contribution in [0.3, 0.4) is 0 Å². The van der Waals surface area contributed by atoms with E-state index in [4.69, 9.17) is 14.2 Å². The molecule has 1 heterocycles. The molecule has 0 aromatic rings. The molecular formula is C13H27NO3. The monoisotopic (exact) mass is 245 g/mol. The molecule has 1 rings (SSSR count). The first-order valence-corrected chi connectivity index (χ1v) is 6.59. The van der Waals surface area contributed by atoms with Crippen molar-refractivity contribution >= 4 is 0 Å². The van der Waals surface area contributed by atoms with Gasteiger partial charge in [-0.25, -0.2) is 0 Å². The van der Waals surface area contributed by atoms with E-state index in [0.29, 0.717) is 25.9 Å². The van der Waals surface area contributed by atoms with Gasteiger partial charge in [0, 0.05) is 12.6 Å². The second kappa shape index (κ2) is 7.31. The molecule has 2 atom stereocenters. The van der Waals surface area contributed by atoms with E-state index in [-0.39, 0.29) is 11.7 Å². The molecule has 2 unspecified atom stereocenters. The fourth-order valence-electron chi connectivity index (χ4n) is 1.92. The molecule has 17 heavy (non-hydrogen) atoms. The number of ether oxygens (including phenoxy) is 3. The SMILES string of the molecule is CCNC1CCOCC1OCCOC(C)(C)C. The minimum absolute atomic E-state index is 0.0898. The van der Waals surface area contributed by atoms with Gasteiger partial charge in [-0.15, -0.1) is 0 Å². The van der Waals surface area contributed by atoms with Gasteiger partial charge in [-0.1, -0.05) is 6.92 Å². The lowest BCUT2D eigenvalue weighted by atomic mass is 10.1. The highest BCUT2D eigenvalue weighted by Gasteiger charge is 2.25. The molecule has 1 fully saturated rings. The lowest BCUT2D eigenvalue weighted by molar-refractivity contribution is -0.0966. The van der Waals surface area contributed by atoms with Gasteiger partial charge >= 0.3 is 0 Å². The molecule has 0 spiro atoms. The Morgan fingerprint density at radius 2 is 2.06 bits per heavy atom. The lowest BCUT2D eigenvalue weighted by Gasteiger charge is -2.32. The molecule has 0 radical (unpaired) electrons. The van der Waals surface area contributed by atoms with Gasteiger partial charge in [0.25, 0.3) is 0 Å². The number of hydrogen-bond donors (Lipinski definition) is 1. The van der Waals surface area contributed by atoms with Gasteiger partial charge in [0.2, 0.25) is 0 Å². The van der Waals surface area contributed by atoms with Gasteiger partial charge < -0.3 is 19.5 Å². The van der Waals surface area contributed by atoms with Gasteiger partial charge in [-0.3, -0.25) is 0 Å². The van der Waals surface area contributed by atoms with Crippen LogP contribution in [0.2, 0.25) is 0 Å². The summed E-state index contributed by atoms with van der Waals surface area (Å²) in [5.74, 6) is 0. The van der Waals surface area contributed by atoms with E-state index in [2.05, 4.69) is 33.0 Å². The van der Waals surface area contributed by atoms with Crippen molar-refractivity contribution in [2.45, 2.75) is 51.9 Å². The van der Waals surface area contributed by atoms with E-state index in [1.54, 1.807) is 0 Å². The third-order valence-corrected chi connectivity index (χ3v) is 2.72. The molecule has 1 N–H and O–H groups in total. The quantitative estimate of drug-likeness (QED) is 0.721. The molecule has 102 valence electrons. The lowest BCUT2D eigenvalue weighted by Crippen LogP contribution is -2.48. The molecule has 1 saturated heterocycles. The summed E-state index contributed by atoms with van der Waals surface area (Å²) in [6.07, 6.45) is 1.19. The van der Waals surface area contributed by atoms with E-state index in [9.17, 15) is 0 Å². The van der Waals surface area contributed by atoms with Crippen LogP contribution in [0.25, 0.3) is 0 Å². The molecule has 0 saturated carbocycles. The summed E-state index contributed by atoms with van der Waals surface area (Å²) in [7, 11) is 0. The van der Waals surface area contributed by atoms with Crippen LogP contribution in [0, 0.1) is 0 Å².